The Labute approximate surface area is 199 Å². The Balaban J connectivity index is 1.48. The van der Waals surface area contributed by atoms with Crippen molar-refractivity contribution >= 4 is 58.6 Å². The first kappa shape index (κ1) is 23.3. The molecule has 2 amide bonds. The number of hydrogen-bond donors (Lipinski definition) is 3. The van der Waals surface area contributed by atoms with E-state index in [4.69, 9.17) is 5.11 Å². The molecule has 0 aliphatic carbocycles. The van der Waals surface area contributed by atoms with Gasteiger partial charge in [0, 0.05) is 15.9 Å². The third-order valence-corrected chi connectivity index (χ3v) is 8.33. The highest BCUT2D eigenvalue weighted by atomic mass is 32.2. The van der Waals surface area contributed by atoms with Crippen molar-refractivity contribution in [3.63, 3.8) is 0 Å². The SMILES string of the molecule is C[C@@H]1S[C@@H]2C(NC(=O)Cc3cccs3)C(=O)N2C(C(=O)O)=C1CSc1nnnn1CC(=O)O. The van der Waals surface area contributed by atoms with Gasteiger partial charge in [-0.1, -0.05) is 17.8 Å². The third-order valence-electron chi connectivity index (χ3n) is 5.00. The fourth-order valence-electron chi connectivity index (χ4n) is 3.50. The van der Waals surface area contributed by atoms with Gasteiger partial charge in [-0.25, -0.2) is 9.48 Å². The second kappa shape index (κ2) is 9.52. The molecule has 33 heavy (non-hydrogen) atoms. The van der Waals surface area contributed by atoms with Crippen LogP contribution in [0.5, 0.6) is 0 Å². The summed E-state index contributed by atoms with van der Waals surface area (Å²) in [5, 5.41) is 33.7. The summed E-state index contributed by atoms with van der Waals surface area (Å²) in [5.41, 5.74) is 0.375. The molecule has 1 saturated heterocycles. The molecule has 0 aromatic carbocycles. The maximum atomic E-state index is 12.8. The van der Waals surface area contributed by atoms with Gasteiger partial charge in [-0.05, 0) is 34.4 Å². The quantitative estimate of drug-likeness (QED) is 0.313. The molecule has 0 saturated carbocycles. The monoisotopic (exact) mass is 510 g/mol. The number of carboxylic acids is 2. The van der Waals surface area contributed by atoms with Crippen molar-refractivity contribution in [1.29, 1.82) is 0 Å². The van der Waals surface area contributed by atoms with Crippen LogP contribution >= 0.6 is 34.9 Å². The lowest BCUT2D eigenvalue weighted by molar-refractivity contribution is -0.150. The van der Waals surface area contributed by atoms with E-state index < -0.39 is 35.8 Å². The van der Waals surface area contributed by atoms with Crippen molar-refractivity contribution < 1.29 is 29.4 Å². The van der Waals surface area contributed by atoms with E-state index in [9.17, 15) is 24.3 Å². The van der Waals surface area contributed by atoms with Gasteiger partial charge in [-0.15, -0.1) is 28.2 Å². The number of hydrogen-bond acceptors (Lipinski definition) is 10. The molecule has 3 atom stereocenters. The van der Waals surface area contributed by atoms with E-state index in [-0.39, 0.29) is 34.2 Å². The van der Waals surface area contributed by atoms with E-state index in [1.54, 1.807) is 0 Å². The van der Waals surface area contributed by atoms with Gasteiger partial charge in [-0.2, -0.15) is 0 Å². The highest BCUT2D eigenvalue weighted by Gasteiger charge is 2.55. The lowest BCUT2D eigenvalue weighted by Crippen LogP contribution is -2.71. The first-order valence-corrected chi connectivity index (χ1v) is 12.4. The first-order chi connectivity index (χ1) is 15.8. The first-order valence-electron chi connectivity index (χ1n) is 9.63. The van der Waals surface area contributed by atoms with Crippen LogP contribution in [-0.2, 0) is 32.1 Å². The number of carboxylic acid groups (broad SMARTS) is 2. The topological polar surface area (TPSA) is 168 Å². The van der Waals surface area contributed by atoms with E-state index in [2.05, 4.69) is 20.8 Å². The smallest absolute Gasteiger partial charge is 0.352 e. The van der Waals surface area contributed by atoms with Gasteiger partial charge in [0.15, 0.2) is 0 Å². The van der Waals surface area contributed by atoms with Crippen LogP contribution in [-0.4, -0.2) is 81.5 Å². The van der Waals surface area contributed by atoms with Gasteiger partial charge < -0.3 is 15.5 Å². The Morgan fingerprint density at radius 1 is 1.30 bits per heavy atom. The highest BCUT2D eigenvalue weighted by Crippen LogP contribution is 2.45. The van der Waals surface area contributed by atoms with Crippen LogP contribution in [0.2, 0.25) is 0 Å². The summed E-state index contributed by atoms with van der Waals surface area (Å²) < 4.78 is 1.10. The summed E-state index contributed by atoms with van der Waals surface area (Å²) in [4.78, 5) is 50.3. The lowest BCUT2D eigenvalue weighted by Gasteiger charge is -2.51. The molecule has 2 aliphatic rings. The van der Waals surface area contributed by atoms with Gasteiger partial charge in [0.25, 0.3) is 5.91 Å². The van der Waals surface area contributed by atoms with Crippen LogP contribution in [0.15, 0.2) is 33.9 Å². The number of tetrazole rings is 1. The molecule has 1 fully saturated rings. The number of carbonyl (C=O) groups excluding carboxylic acids is 2. The molecule has 2 aromatic heterocycles. The molecule has 4 heterocycles. The summed E-state index contributed by atoms with van der Waals surface area (Å²) in [6.07, 6.45) is 0.156. The van der Waals surface area contributed by atoms with Crippen molar-refractivity contribution in [2.24, 2.45) is 0 Å². The number of amides is 2. The molecule has 1 unspecified atom stereocenters. The Hall–Kier alpha value is -2.91. The van der Waals surface area contributed by atoms with Crippen molar-refractivity contribution in [3.05, 3.63) is 33.7 Å². The maximum absolute atomic E-state index is 12.8. The average Bonchev–Trinajstić information content (AvgIpc) is 3.42. The third kappa shape index (κ3) is 4.74. The summed E-state index contributed by atoms with van der Waals surface area (Å²) >= 11 is 3.92. The normalized spacial score (nSPS) is 22.0. The molecule has 0 spiro atoms. The van der Waals surface area contributed by atoms with Crippen molar-refractivity contribution in [1.82, 2.24) is 30.4 Å². The summed E-state index contributed by atoms with van der Waals surface area (Å²) in [6, 6.07) is 2.88. The van der Waals surface area contributed by atoms with Gasteiger partial charge >= 0.3 is 11.9 Å². The molecule has 0 bridgehead atoms. The Morgan fingerprint density at radius 3 is 2.76 bits per heavy atom. The molecular formula is C18H18N6O6S3. The Bertz CT molecular complexity index is 1130. The number of thiophene rings is 1. The predicted octanol–water partition coefficient (Wildman–Crippen LogP) is 0.281. The minimum atomic E-state index is -1.25. The molecule has 15 heteroatoms. The number of fused-ring (bicyclic) bond motifs is 1. The molecule has 2 aliphatic heterocycles. The summed E-state index contributed by atoms with van der Waals surface area (Å²) in [6.45, 7) is 1.40. The molecular weight excluding hydrogens is 492 g/mol. The van der Waals surface area contributed by atoms with E-state index in [1.807, 2.05) is 24.4 Å². The van der Waals surface area contributed by atoms with Gasteiger partial charge in [0.1, 0.15) is 23.7 Å². The second-order valence-corrected chi connectivity index (χ2v) is 10.6. The number of carbonyl (C=O) groups is 4. The zero-order chi connectivity index (χ0) is 23.7. The van der Waals surface area contributed by atoms with E-state index in [1.165, 1.54) is 28.0 Å². The molecule has 2 aromatic rings. The second-order valence-electron chi connectivity index (χ2n) is 7.16. The number of aromatic nitrogens is 4. The van der Waals surface area contributed by atoms with Crippen LogP contribution in [0.1, 0.15) is 11.8 Å². The van der Waals surface area contributed by atoms with Crippen molar-refractivity contribution in [2.45, 2.75) is 41.7 Å². The lowest BCUT2D eigenvalue weighted by atomic mass is 10.0. The predicted molar refractivity (Wildman–Crippen MR) is 118 cm³/mol. The van der Waals surface area contributed by atoms with E-state index in [0.29, 0.717) is 5.57 Å². The molecule has 174 valence electrons. The number of nitrogens with zero attached hydrogens (tertiary/aromatic N) is 5. The molecule has 3 N–H and O–H groups in total. The number of thioether (sulfide) groups is 2. The fraction of sp³-hybridized carbons (Fsp3) is 0.389. The average molecular weight is 511 g/mol. The van der Waals surface area contributed by atoms with Crippen molar-refractivity contribution in [2.75, 3.05) is 5.75 Å². The number of aliphatic carboxylic acids is 2. The van der Waals surface area contributed by atoms with Gasteiger partial charge in [0.2, 0.25) is 11.1 Å². The van der Waals surface area contributed by atoms with Crippen molar-refractivity contribution in [3.8, 4) is 0 Å². The fourth-order valence-corrected chi connectivity index (χ4v) is 6.78. The minimum absolute atomic E-state index is 0.121. The van der Waals surface area contributed by atoms with Crippen LogP contribution in [0.3, 0.4) is 0 Å². The molecule has 0 radical (unpaired) electrons. The largest absolute Gasteiger partial charge is 0.480 e. The van der Waals surface area contributed by atoms with Gasteiger partial charge in [-0.3, -0.25) is 19.3 Å². The number of β-lactam (4-membered cyclic amide) rings is 1. The highest BCUT2D eigenvalue weighted by molar-refractivity contribution is 8.01. The standard InChI is InChI=1S/C18H18N6O6S3/c1-8-10(7-32-18-20-21-22-23(18)6-12(26)27)14(17(29)30)24-15(28)13(16(24)33-8)19-11(25)5-9-3-2-4-31-9/h2-4,8,13,16H,5-7H2,1H3,(H,19,25)(H,26,27)(H,29,30)/t8-,13?,16+/m0/s1. The zero-order valence-electron chi connectivity index (χ0n) is 17.1. The van der Waals surface area contributed by atoms with Crippen LogP contribution in [0.4, 0.5) is 0 Å². The number of nitrogens with one attached hydrogen (secondary N) is 1. The molecule has 12 nitrogen and oxygen atoms in total. The van der Waals surface area contributed by atoms with E-state index >= 15 is 0 Å². The molecule has 4 rings (SSSR count). The Morgan fingerprint density at radius 2 is 2.09 bits per heavy atom. The maximum Gasteiger partial charge on any atom is 0.352 e. The van der Waals surface area contributed by atoms with Crippen LogP contribution < -0.4 is 5.32 Å². The number of rotatable bonds is 9. The van der Waals surface area contributed by atoms with E-state index in [0.717, 1.165) is 21.3 Å². The zero-order valence-corrected chi connectivity index (χ0v) is 19.5. The Kier molecular flexibility index (Phi) is 6.71. The minimum Gasteiger partial charge on any atom is -0.480 e. The van der Waals surface area contributed by atoms with Crippen LogP contribution in [0.25, 0.3) is 0 Å². The summed E-state index contributed by atoms with van der Waals surface area (Å²) in [5.74, 6) is -2.98. The summed E-state index contributed by atoms with van der Waals surface area (Å²) in [7, 11) is 0. The van der Waals surface area contributed by atoms with Crippen LogP contribution in [0, 0.1) is 0 Å². The van der Waals surface area contributed by atoms with Gasteiger partial charge in [0.05, 0.1) is 6.42 Å².